The van der Waals surface area contributed by atoms with Crippen molar-refractivity contribution in [1.82, 2.24) is 10.2 Å². The molecule has 1 fully saturated rings. The van der Waals surface area contributed by atoms with Gasteiger partial charge in [0.2, 0.25) is 11.8 Å². The van der Waals surface area contributed by atoms with Crippen LogP contribution in [0.25, 0.3) is 0 Å². The predicted molar refractivity (Wildman–Crippen MR) is 66.9 cm³/mol. The number of halogens is 1. The molecule has 0 radical (unpaired) electrons. The molecule has 0 spiro atoms. The van der Waals surface area contributed by atoms with Crippen LogP contribution in [0.1, 0.15) is 35.6 Å². The van der Waals surface area contributed by atoms with E-state index in [0.29, 0.717) is 4.90 Å². The summed E-state index contributed by atoms with van der Waals surface area (Å²) in [7, 11) is 0. The number of hydrogen-bond acceptors (Lipinski definition) is 4. The van der Waals surface area contributed by atoms with Crippen LogP contribution in [0.2, 0.25) is 0 Å². The summed E-state index contributed by atoms with van der Waals surface area (Å²) in [4.78, 5) is 36.8. The van der Waals surface area contributed by atoms with E-state index in [9.17, 15) is 18.8 Å². The van der Waals surface area contributed by atoms with Crippen LogP contribution in [0.15, 0.2) is 12.1 Å². The van der Waals surface area contributed by atoms with Crippen LogP contribution in [0.5, 0.6) is 0 Å². The summed E-state index contributed by atoms with van der Waals surface area (Å²) in [6.07, 6.45) is -3.70. The van der Waals surface area contributed by atoms with Crippen LogP contribution in [-0.2, 0) is 16.1 Å². The van der Waals surface area contributed by atoms with Crippen molar-refractivity contribution in [1.29, 1.82) is 0 Å². The number of rotatable bonds is 1. The largest absolute Gasteiger partial charge is 0.398 e. The third kappa shape index (κ3) is 1.82. The zero-order valence-corrected chi connectivity index (χ0v) is 9.99. The van der Waals surface area contributed by atoms with Crippen molar-refractivity contribution in [2.75, 3.05) is 5.73 Å². The topological polar surface area (TPSA) is 92.5 Å². The first-order valence-corrected chi connectivity index (χ1v) is 5.62. The van der Waals surface area contributed by atoms with Gasteiger partial charge in [-0.15, -0.1) is 0 Å². The number of anilines is 1. The second-order valence-corrected chi connectivity index (χ2v) is 4.26. The summed E-state index contributed by atoms with van der Waals surface area (Å²) in [5.41, 5.74) is 4.65. The SMILES string of the molecule is [2H]c1c(N)c2c(c([2H])c1F)C(=O)N(C1([2H])C(=O)NC(=O)C([2H])C1[2H])C2. The van der Waals surface area contributed by atoms with Gasteiger partial charge in [0.15, 0.2) is 0 Å². The Balaban J connectivity index is 2.13. The van der Waals surface area contributed by atoms with E-state index in [2.05, 4.69) is 0 Å². The summed E-state index contributed by atoms with van der Waals surface area (Å²) in [5, 5.41) is 1.77. The number of nitrogen functional groups attached to an aromatic ring is 1. The summed E-state index contributed by atoms with van der Waals surface area (Å²) < 4.78 is 52.9. The lowest BCUT2D eigenvalue weighted by Crippen LogP contribution is -2.52. The maximum absolute atomic E-state index is 13.9. The third-order valence-corrected chi connectivity index (χ3v) is 3.03. The van der Waals surface area contributed by atoms with Gasteiger partial charge in [-0.3, -0.25) is 19.7 Å². The lowest BCUT2D eigenvalue weighted by Gasteiger charge is -2.29. The summed E-state index contributed by atoms with van der Waals surface area (Å²) in [5.74, 6) is -4.72. The van der Waals surface area contributed by atoms with Crippen LogP contribution < -0.4 is 11.1 Å². The van der Waals surface area contributed by atoms with Gasteiger partial charge in [-0.2, -0.15) is 0 Å². The number of nitrogens with zero attached hydrogens (tertiary/aromatic N) is 1. The van der Waals surface area contributed by atoms with Crippen molar-refractivity contribution in [2.45, 2.75) is 25.4 Å². The minimum Gasteiger partial charge on any atom is -0.398 e. The Kier molecular flexibility index (Phi) is 1.71. The Hall–Kier alpha value is -2.44. The van der Waals surface area contributed by atoms with Crippen molar-refractivity contribution in [3.05, 3.63) is 29.0 Å². The Morgan fingerprint density at radius 1 is 1.50 bits per heavy atom. The molecule has 3 rings (SSSR count). The number of carbonyl (C=O) groups is 3. The zero-order chi connectivity index (χ0) is 18.8. The molecular formula is C13H12FN3O3. The first-order chi connectivity index (χ1) is 11.5. The van der Waals surface area contributed by atoms with Crippen LogP contribution >= 0.6 is 0 Å². The molecule has 0 saturated carbocycles. The van der Waals surface area contributed by atoms with Gasteiger partial charge < -0.3 is 10.6 Å². The van der Waals surface area contributed by atoms with Gasteiger partial charge in [-0.25, -0.2) is 4.39 Å². The molecule has 0 bridgehead atoms. The molecule has 104 valence electrons. The average molecular weight is 282 g/mol. The highest BCUT2D eigenvalue weighted by Gasteiger charge is 2.39. The quantitative estimate of drug-likeness (QED) is 0.567. The summed E-state index contributed by atoms with van der Waals surface area (Å²) in [6, 6.07) is -4.29. The molecule has 1 aromatic carbocycles. The lowest BCUT2D eigenvalue weighted by atomic mass is 10.0. The standard InChI is InChI=1S/C13H12FN3O3/c14-6-3-7-8(9(15)4-6)5-17(13(7)20)10-1-2-11(18)16-12(10)19/h3-4,10H,1-2,5,15H2,(H,16,18,19)/i1D,2D,3D,4D,10D. The number of imide groups is 1. The fourth-order valence-corrected chi connectivity index (χ4v) is 2.11. The molecule has 3 unspecified atom stereocenters. The van der Waals surface area contributed by atoms with E-state index < -0.39 is 72.2 Å². The van der Waals surface area contributed by atoms with E-state index in [0.717, 1.165) is 0 Å². The van der Waals surface area contributed by atoms with Crippen molar-refractivity contribution in [3.8, 4) is 0 Å². The monoisotopic (exact) mass is 282 g/mol. The normalized spacial score (nSPS) is 36.5. The maximum Gasteiger partial charge on any atom is 0.255 e. The fraction of sp³-hybridized carbons (Fsp3) is 0.308. The minimum absolute atomic E-state index is 0.0912. The highest BCUT2D eigenvalue weighted by Crippen LogP contribution is 2.31. The van der Waals surface area contributed by atoms with E-state index in [1.54, 1.807) is 5.32 Å². The van der Waals surface area contributed by atoms with Crippen molar-refractivity contribution >= 4 is 23.4 Å². The highest BCUT2D eigenvalue weighted by atomic mass is 19.1. The molecule has 0 aliphatic carbocycles. The molecule has 2 heterocycles. The number of benzene rings is 1. The molecule has 0 aromatic heterocycles. The second-order valence-electron chi connectivity index (χ2n) is 4.26. The molecule has 2 aliphatic rings. The molecule has 6 nitrogen and oxygen atoms in total. The molecule has 1 saturated heterocycles. The van der Waals surface area contributed by atoms with Crippen molar-refractivity contribution < 1.29 is 25.6 Å². The van der Waals surface area contributed by atoms with E-state index in [1.165, 1.54) is 0 Å². The smallest absolute Gasteiger partial charge is 0.255 e. The van der Waals surface area contributed by atoms with Crippen molar-refractivity contribution in [2.24, 2.45) is 0 Å². The highest BCUT2D eigenvalue weighted by molar-refractivity contribution is 6.06. The number of fused-ring (bicyclic) bond motifs is 1. The Morgan fingerprint density at radius 3 is 3.00 bits per heavy atom. The second kappa shape index (κ2) is 4.29. The van der Waals surface area contributed by atoms with E-state index in [-0.39, 0.29) is 5.56 Å². The van der Waals surface area contributed by atoms with Crippen LogP contribution in [0, 0.1) is 5.82 Å². The maximum atomic E-state index is 13.9. The predicted octanol–water partition coefficient (Wildman–Crippen LogP) is 0.169. The van der Waals surface area contributed by atoms with Gasteiger partial charge in [-0.1, -0.05) is 0 Å². The van der Waals surface area contributed by atoms with Gasteiger partial charge in [0.25, 0.3) is 5.91 Å². The Morgan fingerprint density at radius 2 is 2.25 bits per heavy atom. The summed E-state index contributed by atoms with van der Waals surface area (Å²) >= 11 is 0. The zero-order valence-electron chi connectivity index (χ0n) is 15.0. The number of hydrogen-bond donors (Lipinski definition) is 2. The van der Waals surface area contributed by atoms with E-state index in [4.69, 9.17) is 12.6 Å². The lowest BCUT2D eigenvalue weighted by molar-refractivity contribution is -0.136. The molecule has 3 atom stereocenters. The molecule has 7 heteroatoms. The molecule has 2 aliphatic heterocycles. The van der Waals surface area contributed by atoms with Gasteiger partial charge in [0, 0.05) is 32.5 Å². The third-order valence-electron chi connectivity index (χ3n) is 3.03. The summed E-state index contributed by atoms with van der Waals surface area (Å²) in [6.45, 7) is -0.509. The van der Waals surface area contributed by atoms with Crippen LogP contribution in [0.4, 0.5) is 10.1 Å². The molecule has 1 aromatic rings. The molecule has 3 N–H and O–H groups in total. The van der Waals surface area contributed by atoms with Gasteiger partial charge in [0.05, 0.1) is 4.11 Å². The number of amides is 3. The number of nitrogens with one attached hydrogen (secondary N) is 1. The first-order valence-electron chi connectivity index (χ1n) is 8.27. The number of carbonyl (C=O) groups excluding carboxylic acids is 3. The first kappa shape index (κ1) is 7.98. The van der Waals surface area contributed by atoms with Crippen LogP contribution in [-0.4, -0.2) is 28.6 Å². The van der Waals surface area contributed by atoms with E-state index in [1.807, 2.05) is 0 Å². The van der Waals surface area contributed by atoms with Crippen molar-refractivity contribution in [3.63, 3.8) is 0 Å². The Bertz CT molecular complexity index is 851. The van der Waals surface area contributed by atoms with Crippen LogP contribution in [0.3, 0.4) is 0 Å². The Labute approximate surface area is 120 Å². The molecular weight excluding hydrogens is 265 g/mol. The fourth-order valence-electron chi connectivity index (χ4n) is 2.11. The van der Waals surface area contributed by atoms with Gasteiger partial charge >= 0.3 is 0 Å². The number of nitrogens with two attached hydrogens (primary N) is 1. The molecule has 20 heavy (non-hydrogen) atoms. The van der Waals surface area contributed by atoms with Gasteiger partial charge in [-0.05, 0) is 18.5 Å². The minimum atomic E-state index is -2.63. The molecule has 3 amide bonds. The average Bonchev–Trinajstić information content (AvgIpc) is 2.92. The number of piperidine rings is 1. The van der Waals surface area contributed by atoms with E-state index >= 15 is 0 Å². The van der Waals surface area contributed by atoms with Gasteiger partial charge in [0.1, 0.15) is 11.8 Å².